The second kappa shape index (κ2) is 10.2. The van der Waals surface area contributed by atoms with Crippen molar-refractivity contribution >= 4 is 23.4 Å². The number of methoxy groups -OCH3 is 2. The van der Waals surface area contributed by atoms with Crippen molar-refractivity contribution < 1.29 is 14.3 Å². The third-order valence-corrected chi connectivity index (χ3v) is 5.88. The van der Waals surface area contributed by atoms with Crippen LogP contribution >= 0.6 is 11.8 Å². The molecular weight excluding hydrogens is 436 g/mol. The molecule has 4 rings (SSSR count). The highest BCUT2D eigenvalue weighted by Gasteiger charge is 2.18. The van der Waals surface area contributed by atoms with Crippen LogP contribution in [0.3, 0.4) is 0 Å². The van der Waals surface area contributed by atoms with E-state index >= 15 is 0 Å². The Morgan fingerprint density at radius 2 is 1.61 bits per heavy atom. The first kappa shape index (κ1) is 22.4. The van der Waals surface area contributed by atoms with Crippen molar-refractivity contribution in [2.24, 2.45) is 0 Å². The van der Waals surface area contributed by atoms with Gasteiger partial charge in [-0.3, -0.25) is 9.36 Å². The lowest BCUT2D eigenvalue weighted by molar-refractivity contribution is -0.113. The lowest BCUT2D eigenvalue weighted by Crippen LogP contribution is -2.14. The van der Waals surface area contributed by atoms with Crippen molar-refractivity contribution in [3.63, 3.8) is 0 Å². The molecular formula is C25H24N4O3S. The summed E-state index contributed by atoms with van der Waals surface area (Å²) in [6.45, 7) is 1.99. The molecule has 0 bridgehead atoms. The fraction of sp³-hybridized carbons (Fsp3) is 0.160. The van der Waals surface area contributed by atoms with Crippen LogP contribution in [0, 0.1) is 6.92 Å². The van der Waals surface area contributed by atoms with Gasteiger partial charge in [-0.1, -0.05) is 23.9 Å². The summed E-state index contributed by atoms with van der Waals surface area (Å²) in [5.41, 5.74) is 3.61. The van der Waals surface area contributed by atoms with E-state index in [1.807, 2.05) is 84.3 Å². The molecule has 33 heavy (non-hydrogen) atoms. The maximum absolute atomic E-state index is 12.6. The van der Waals surface area contributed by atoms with E-state index in [4.69, 9.17) is 9.47 Å². The van der Waals surface area contributed by atoms with E-state index in [0.717, 1.165) is 34.0 Å². The maximum Gasteiger partial charge on any atom is 0.234 e. The third kappa shape index (κ3) is 5.35. The number of nitrogens with zero attached hydrogens (tertiary/aromatic N) is 3. The average molecular weight is 461 g/mol. The van der Waals surface area contributed by atoms with Crippen LogP contribution in [0.25, 0.3) is 17.1 Å². The summed E-state index contributed by atoms with van der Waals surface area (Å²) in [7, 11) is 3.26. The van der Waals surface area contributed by atoms with Gasteiger partial charge in [0.2, 0.25) is 5.91 Å². The molecule has 7 nitrogen and oxygen atoms in total. The van der Waals surface area contributed by atoms with Crippen LogP contribution in [-0.2, 0) is 4.79 Å². The molecule has 4 aromatic rings. The lowest BCUT2D eigenvalue weighted by Gasteiger charge is -2.12. The molecule has 0 aliphatic heterocycles. The molecule has 3 aromatic carbocycles. The van der Waals surface area contributed by atoms with Crippen LogP contribution in [0.1, 0.15) is 5.56 Å². The number of thioether (sulfide) groups is 1. The first-order valence-corrected chi connectivity index (χ1v) is 11.3. The van der Waals surface area contributed by atoms with Crippen molar-refractivity contribution in [1.82, 2.24) is 14.8 Å². The Morgan fingerprint density at radius 1 is 0.939 bits per heavy atom. The summed E-state index contributed by atoms with van der Waals surface area (Å²) in [5, 5.41) is 12.4. The second-order valence-electron chi connectivity index (χ2n) is 7.27. The predicted octanol–water partition coefficient (Wildman–Crippen LogP) is 4.99. The summed E-state index contributed by atoms with van der Waals surface area (Å²) in [6, 6.07) is 23.0. The Balaban J connectivity index is 1.61. The standard InChI is InChI=1S/C25H24N4O3S/c1-17-5-4-6-19(15-17)26-23(30)16-33-25-28-27-24(18-7-11-21(31-2)12-8-18)29(25)20-9-13-22(32-3)14-10-20/h4-15H,16H2,1-3H3,(H,26,30). The number of anilines is 1. The minimum atomic E-state index is -0.110. The Kier molecular flexibility index (Phi) is 6.95. The molecule has 0 fully saturated rings. The van der Waals surface area contributed by atoms with Crippen LogP contribution in [0.4, 0.5) is 5.69 Å². The fourth-order valence-corrected chi connectivity index (χ4v) is 4.06. The van der Waals surface area contributed by atoms with E-state index in [1.54, 1.807) is 14.2 Å². The zero-order valence-corrected chi connectivity index (χ0v) is 19.4. The minimum Gasteiger partial charge on any atom is -0.497 e. The van der Waals surface area contributed by atoms with E-state index in [0.29, 0.717) is 11.0 Å². The zero-order valence-electron chi connectivity index (χ0n) is 18.6. The molecule has 0 aliphatic carbocycles. The number of aromatic nitrogens is 3. The van der Waals surface area contributed by atoms with Crippen molar-refractivity contribution in [3.05, 3.63) is 78.4 Å². The summed E-state index contributed by atoms with van der Waals surface area (Å²) >= 11 is 1.33. The second-order valence-corrected chi connectivity index (χ2v) is 8.22. The van der Waals surface area contributed by atoms with E-state index in [1.165, 1.54) is 11.8 Å². The average Bonchev–Trinajstić information content (AvgIpc) is 3.27. The quantitative estimate of drug-likeness (QED) is 0.373. The normalized spacial score (nSPS) is 10.6. The molecule has 0 unspecified atom stereocenters. The van der Waals surface area contributed by atoms with Crippen LogP contribution in [-0.4, -0.2) is 40.6 Å². The summed E-state index contributed by atoms with van der Waals surface area (Å²) in [4.78, 5) is 12.6. The maximum atomic E-state index is 12.6. The van der Waals surface area contributed by atoms with Crippen molar-refractivity contribution in [2.75, 3.05) is 25.3 Å². The smallest absolute Gasteiger partial charge is 0.234 e. The zero-order chi connectivity index (χ0) is 23.2. The summed E-state index contributed by atoms with van der Waals surface area (Å²) in [6.07, 6.45) is 0. The van der Waals surface area contributed by atoms with E-state index in [2.05, 4.69) is 15.5 Å². The number of nitrogens with one attached hydrogen (secondary N) is 1. The van der Waals surface area contributed by atoms with Crippen molar-refractivity contribution in [1.29, 1.82) is 0 Å². The number of ether oxygens (including phenoxy) is 2. The molecule has 0 radical (unpaired) electrons. The molecule has 0 atom stereocenters. The Hall–Kier alpha value is -3.78. The number of hydrogen-bond donors (Lipinski definition) is 1. The predicted molar refractivity (Wildman–Crippen MR) is 130 cm³/mol. The van der Waals surface area contributed by atoms with Crippen molar-refractivity contribution in [3.8, 4) is 28.6 Å². The van der Waals surface area contributed by atoms with Gasteiger partial charge in [0.05, 0.1) is 20.0 Å². The van der Waals surface area contributed by atoms with Gasteiger partial charge in [0, 0.05) is 16.9 Å². The van der Waals surface area contributed by atoms with E-state index in [-0.39, 0.29) is 11.7 Å². The van der Waals surface area contributed by atoms with Gasteiger partial charge in [-0.05, 0) is 73.2 Å². The largest absolute Gasteiger partial charge is 0.497 e. The number of carbonyl (C=O) groups excluding carboxylic acids is 1. The van der Waals surface area contributed by atoms with Gasteiger partial charge in [-0.25, -0.2) is 0 Å². The topological polar surface area (TPSA) is 78.3 Å². The summed E-state index contributed by atoms with van der Waals surface area (Å²) in [5.74, 6) is 2.27. The highest BCUT2D eigenvalue weighted by atomic mass is 32.2. The van der Waals surface area contributed by atoms with Crippen LogP contribution < -0.4 is 14.8 Å². The number of benzene rings is 3. The fourth-order valence-electron chi connectivity index (χ4n) is 3.30. The van der Waals surface area contributed by atoms with Crippen molar-refractivity contribution in [2.45, 2.75) is 12.1 Å². The number of hydrogen-bond acceptors (Lipinski definition) is 6. The SMILES string of the molecule is COc1ccc(-c2nnc(SCC(=O)Nc3cccc(C)c3)n2-c2ccc(OC)cc2)cc1. The van der Waals surface area contributed by atoms with Gasteiger partial charge >= 0.3 is 0 Å². The first-order chi connectivity index (χ1) is 16.1. The molecule has 1 heterocycles. The van der Waals surface area contributed by atoms with Gasteiger partial charge in [-0.2, -0.15) is 0 Å². The molecule has 8 heteroatoms. The Bertz CT molecular complexity index is 1240. The van der Waals surface area contributed by atoms with Crippen LogP contribution in [0.15, 0.2) is 78.0 Å². The molecule has 0 saturated heterocycles. The van der Waals surface area contributed by atoms with Gasteiger partial charge in [-0.15, -0.1) is 10.2 Å². The van der Waals surface area contributed by atoms with Crippen LogP contribution in [0.5, 0.6) is 11.5 Å². The molecule has 1 aromatic heterocycles. The van der Waals surface area contributed by atoms with E-state index in [9.17, 15) is 4.79 Å². The first-order valence-electron chi connectivity index (χ1n) is 10.3. The van der Waals surface area contributed by atoms with Gasteiger partial charge in [0.25, 0.3) is 0 Å². The molecule has 0 saturated carbocycles. The van der Waals surface area contributed by atoms with E-state index < -0.39 is 0 Å². The molecule has 0 spiro atoms. The molecule has 1 N–H and O–H groups in total. The highest BCUT2D eigenvalue weighted by molar-refractivity contribution is 7.99. The minimum absolute atomic E-state index is 0.110. The Morgan fingerprint density at radius 3 is 2.24 bits per heavy atom. The van der Waals surface area contributed by atoms with Crippen LogP contribution in [0.2, 0.25) is 0 Å². The van der Waals surface area contributed by atoms with Gasteiger partial charge < -0.3 is 14.8 Å². The van der Waals surface area contributed by atoms with Gasteiger partial charge in [0.1, 0.15) is 11.5 Å². The third-order valence-electron chi connectivity index (χ3n) is 4.95. The molecule has 1 amide bonds. The molecule has 168 valence electrons. The van der Waals surface area contributed by atoms with Gasteiger partial charge in [0.15, 0.2) is 11.0 Å². The number of amides is 1. The Labute approximate surface area is 196 Å². The lowest BCUT2D eigenvalue weighted by atomic mass is 10.2. The monoisotopic (exact) mass is 460 g/mol. The number of aryl methyl sites for hydroxylation is 1. The molecule has 0 aliphatic rings. The number of rotatable bonds is 8. The number of carbonyl (C=O) groups is 1. The highest BCUT2D eigenvalue weighted by Crippen LogP contribution is 2.30. The summed E-state index contributed by atoms with van der Waals surface area (Å²) < 4.78 is 12.5.